The van der Waals surface area contributed by atoms with Crippen molar-refractivity contribution in [1.82, 2.24) is 5.32 Å². The first-order valence-corrected chi connectivity index (χ1v) is 16.6. The molecule has 1 atom stereocenters. The van der Waals surface area contributed by atoms with Gasteiger partial charge in [0.1, 0.15) is 23.1 Å². The van der Waals surface area contributed by atoms with E-state index in [0.29, 0.717) is 0 Å². The van der Waals surface area contributed by atoms with Crippen LogP contribution in [0.3, 0.4) is 0 Å². The number of ether oxygens (including phenoxy) is 2. The second kappa shape index (κ2) is 15.1. The van der Waals surface area contributed by atoms with Crippen molar-refractivity contribution < 1.29 is 53.4 Å². The zero-order valence-corrected chi connectivity index (χ0v) is 26.8. The van der Waals surface area contributed by atoms with Crippen LogP contribution in [0, 0.1) is 5.82 Å². The van der Waals surface area contributed by atoms with Gasteiger partial charge in [0.15, 0.2) is 0 Å². The average molecular weight is 641 g/mol. The summed E-state index contributed by atoms with van der Waals surface area (Å²) in [6.07, 6.45) is 1.35. The van der Waals surface area contributed by atoms with Crippen molar-refractivity contribution in [2.75, 3.05) is 43.7 Å². The number of halogens is 1. The number of rotatable bonds is 15. The molecule has 0 spiro atoms. The van der Waals surface area contributed by atoms with Gasteiger partial charge in [0.25, 0.3) is 26.1 Å². The van der Waals surface area contributed by atoms with Gasteiger partial charge in [-0.1, -0.05) is 0 Å². The summed E-state index contributed by atoms with van der Waals surface area (Å²) >= 11 is 0. The highest BCUT2D eigenvalue weighted by Crippen LogP contribution is 2.22. The van der Waals surface area contributed by atoms with Crippen molar-refractivity contribution in [1.29, 1.82) is 0 Å². The number of anilines is 1. The number of nitrogens with one attached hydrogen (secondary N) is 1. The molecule has 240 valence electrons. The maximum Gasteiger partial charge on any atom is 0.329 e. The lowest BCUT2D eigenvalue weighted by atomic mass is 10.1. The standard InChI is InChI=1S/C26H41FN2O11S2/c1-25(2,3)39-22(30)12-10-20(24(32)40-26(4,5)6)28-23(31)18-9-11-21(19(27)17-18)29(13-15-37-41(7,33)34)14-16-38-42(8,35)36/h9,11,17,20H,10,12-16H2,1-8H3,(H,28,31). The van der Waals surface area contributed by atoms with Gasteiger partial charge in [-0.2, -0.15) is 16.8 Å². The van der Waals surface area contributed by atoms with Crippen LogP contribution < -0.4 is 10.2 Å². The second-order valence-corrected chi connectivity index (χ2v) is 14.7. The van der Waals surface area contributed by atoms with Crippen LogP contribution in [0.25, 0.3) is 0 Å². The monoisotopic (exact) mass is 640 g/mol. The summed E-state index contributed by atoms with van der Waals surface area (Å²) in [5.74, 6) is -3.10. The lowest BCUT2D eigenvalue weighted by molar-refractivity contribution is -0.158. The topological polar surface area (TPSA) is 172 Å². The Hall–Kier alpha value is -2.82. The van der Waals surface area contributed by atoms with E-state index in [9.17, 15) is 31.2 Å². The van der Waals surface area contributed by atoms with Crippen LogP contribution in [0.5, 0.6) is 0 Å². The van der Waals surface area contributed by atoms with E-state index in [1.807, 2.05) is 0 Å². The number of amides is 1. The molecule has 0 aliphatic rings. The highest BCUT2D eigenvalue weighted by atomic mass is 32.2. The molecule has 1 aromatic rings. The van der Waals surface area contributed by atoms with Gasteiger partial charge >= 0.3 is 11.9 Å². The van der Waals surface area contributed by atoms with Crippen molar-refractivity contribution in [2.45, 2.75) is 71.6 Å². The Balaban J connectivity index is 3.15. The van der Waals surface area contributed by atoms with E-state index in [1.54, 1.807) is 41.5 Å². The molecule has 0 radical (unpaired) electrons. The largest absolute Gasteiger partial charge is 0.460 e. The smallest absolute Gasteiger partial charge is 0.329 e. The van der Waals surface area contributed by atoms with Crippen LogP contribution in [0.4, 0.5) is 10.1 Å². The molecule has 0 saturated heterocycles. The van der Waals surface area contributed by atoms with Gasteiger partial charge in [-0.25, -0.2) is 9.18 Å². The molecule has 0 bridgehead atoms. The molecule has 1 unspecified atom stereocenters. The van der Waals surface area contributed by atoms with Gasteiger partial charge in [0.05, 0.1) is 31.4 Å². The lowest BCUT2D eigenvalue weighted by Gasteiger charge is -2.26. The Labute approximate surface area is 247 Å². The fourth-order valence-electron chi connectivity index (χ4n) is 3.37. The van der Waals surface area contributed by atoms with E-state index in [1.165, 1.54) is 17.0 Å². The van der Waals surface area contributed by atoms with E-state index in [2.05, 4.69) is 5.32 Å². The zero-order chi connectivity index (χ0) is 32.5. The number of hydrogen-bond acceptors (Lipinski definition) is 12. The van der Waals surface area contributed by atoms with E-state index < -0.39 is 61.1 Å². The molecular weight excluding hydrogens is 599 g/mol. The summed E-state index contributed by atoms with van der Waals surface area (Å²) in [7, 11) is -7.58. The maximum absolute atomic E-state index is 15.2. The lowest BCUT2D eigenvalue weighted by Crippen LogP contribution is -2.44. The number of carbonyl (C=O) groups is 3. The molecule has 13 nitrogen and oxygen atoms in total. The van der Waals surface area contributed by atoms with Crippen LogP contribution in [-0.4, -0.2) is 90.7 Å². The molecule has 0 heterocycles. The number of hydrogen-bond donors (Lipinski definition) is 1. The molecule has 1 aromatic carbocycles. The third-order valence-electron chi connectivity index (χ3n) is 4.92. The van der Waals surface area contributed by atoms with Crippen molar-refractivity contribution in [2.24, 2.45) is 0 Å². The SMILES string of the molecule is CC(C)(C)OC(=O)CCC(NC(=O)c1ccc(N(CCOS(C)(=O)=O)CCOS(C)(=O)=O)c(F)c1)C(=O)OC(C)(C)C. The van der Waals surface area contributed by atoms with E-state index in [0.717, 1.165) is 18.6 Å². The normalized spacial score (nSPS) is 13.3. The van der Waals surface area contributed by atoms with Gasteiger partial charge in [-0.3, -0.25) is 18.0 Å². The Bertz CT molecular complexity index is 1280. The van der Waals surface area contributed by atoms with Crippen LogP contribution in [0.1, 0.15) is 64.7 Å². The van der Waals surface area contributed by atoms with Gasteiger partial charge < -0.3 is 19.7 Å². The average Bonchev–Trinajstić information content (AvgIpc) is 2.76. The molecule has 0 saturated carbocycles. The highest BCUT2D eigenvalue weighted by Gasteiger charge is 2.29. The Kier molecular flexibility index (Phi) is 13.3. The molecular formula is C26H41FN2O11S2. The van der Waals surface area contributed by atoms with Gasteiger partial charge in [0.2, 0.25) is 0 Å². The highest BCUT2D eigenvalue weighted by molar-refractivity contribution is 7.86. The van der Waals surface area contributed by atoms with Crippen LogP contribution in [0.15, 0.2) is 18.2 Å². The molecule has 1 amide bonds. The molecule has 0 aromatic heterocycles. The summed E-state index contributed by atoms with van der Waals surface area (Å²) in [4.78, 5) is 39.3. The minimum atomic E-state index is -3.79. The molecule has 16 heteroatoms. The van der Waals surface area contributed by atoms with Crippen LogP contribution in [-0.2, 0) is 47.7 Å². The predicted octanol–water partition coefficient (Wildman–Crippen LogP) is 2.15. The van der Waals surface area contributed by atoms with Crippen molar-refractivity contribution in [3.63, 3.8) is 0 Å². The third kappa shape index (κ3) is 16.0. The number of nitrogens with zero attached hydrogens (tertiary/aromatic N) is 1. The van der Waals surface area contributed by atoms with E-state index in [4.69, 9.17) is 17.8 Å². The first-order chi connectivity index (χ1) is 19.0. The number of benzene rings is 1. The minimum Gasteiger partial charge on any atom is -0.460 e. The molecule has 0 aliphatic carbocycles. The van der Waals surface area contributed by atoms with E-state index >= 15 is 4.39 Å². The third-order valence-corrected chi connectivity index (χ3v) is 6.11. The minimum absolute atomic E-state index is 0.0885. The number of esters is 2. The maximum atomic E-state index is 15.2. The summed E-state index contributed by atoms with van der Waals surface area (Å²) in [5, 5.41) is 2.48. The van der Waals surface area contributed by atoms with Gasteiger partial charge in [-0.05, 0) is 66.2 Å². The summed E-state index contributed by atoms with van der Waals surface area (Å²) < 4.78 is 80.5. The first-order valence-electron chi connectivity index (χ1n) is 12.9. The van der Waals surface area contributed by atoms with Gasteiger partial charge in [0, 0.05) is 25.1 Å². The fraction of sp³-hybridized carbons (Fsp3) is 0.654. The summed E-state index contributed by atoms with van der Waals surface area (Å²) in [6.45, 7) is 8.93. The van der Waals surface area contributed by atoms with Crippen molar-refractivity contribution >= 4 is 43.8 Å². The van der Waals surface area contributed by atoms with Crippen LogP contribution >= 0.6 is 0 Å². The predicted molar refractivity (Wildman–Crippen MR) is 152 cm³/mol. The van der Waals surface area contributed by atoms with Crippen molar-refractivity contribution in [3.05, 3.63) is 29.6 Å². The Morgan fingerprint density at radius 2 is 1.38 bits per heavy atom. The molecule has 0 aliphatic heterocycles. The molecule has 1 rings (SSSR count). The summed E-state index contributed by atoms with van der Waals surface area (Å²) in [6, 6.07) is 2.14. The first kappa shape index (κ1) is 37.2. The fourth-order valence-corrected chi connectivity index (χ4v) is 4.13. The van der Waals surface area contributed by atoms with Gasteiger partial charge in [-0.15, -0.1) is 0 Å². The molecule has 1 N–H and O–H groups in total. The zero-order valence-electron chi connectivity index (χ0n) is 25.2. The second-order valence-electron chi connectivity index (χ2n) is 11.4. The van der Waals surface area contributed by atoms with Crippen molar-refractivity contribution in [3.8, 4) is 0 Å². The quantitative estimate of drug-likeness (QED) is 0.219. The summed E-state index contributed by atoms with van der Waals surface area (Å²) in [5.41, 5.74) is -1.88. The van der Waals surface area contributed by atoms with Crippen LogP contribution in [0.2, 0.25) is 0 Å². The van der Waals surface area contributed by atoms with E-state index in [-0.39, 0.29) is 50.4 Å². The Morgan fingerprint density at radius 3 is 1.81 bits per heavy atom. The Morgan fingerprint density at radius 1 is 0.881 bits per heavy atom. The molecule has 0 fully saturated rings. The number of carbonyl (C=O) groups excluding carboxylic acids is 3. The molecule has 42 heavy (non-hydrogen) atoms.